The molecule has 174 valence electrons. The van der Waals surface area contributed by atoms with Crippen LogP contribution < -0.4 is 11.1 Å². The summed E-state index contributed by atoms with van der Waals surface area (Å²) in [6.07, 6.45) is -1.95. The van der Waals surface area contributed by atoms with Gasteiger partial charge >= 0.3 is 0 Å². The number of aromatic nitrogens is 4. The number of rotatable bonds is 6. The fourth-order valence-electron chi connectivity index (χ4n) is 3.56. The minimum atomic E-state index is -1.34. The molecule has 7 N–H and O–H groups in total. The molecule has 1 aliphatic rings. The third kappa shape index (κ3) is 3.95. The predicted molar refractivity (Wildman–Crippen MR) is 109 cm³/mol. The molecule has 3 aromatic rings. The van der Waals surface area contributed by atoms with Gasteiger partial charge in [0.05, 0.1) is 29.0 Å². The van der Waals surface area contributed by atoms with Gasteiger partial charge in [0.2, 0.25) is 0 Å². The molecule has 0 bridgehead atoms. The zero-order chi connectivity index (χ0) is 23.9. The monoisotopic (exact) mass is 461 g/mol. The van der Waals surface area contributed by atoms with Crippen LogP contribution in [0.1, 0.15) is 23.0 Å². The number of carbonyl (C=O) groups is 1. The highest BCUT2D eigenvalue weighted by Gasteiger charge is 2.44. The van der Waals surface area contributed by atoms with Gasteiger partial charge in [-0.2, -0.15) is 0 Å². The van der Waals surface area contributed by atoms with Gasteiger partial charge in [0, 0.05) is 12.6 Å². The topological polar surface area (TPSA) is 232 Å². The molecule has 1 amide bonds. The normalized spacial score (nSPS) is 22.5. The number of phenols is 2. The second-order valence-electron chi connectivity index (χ2n) is 7.29. The number of imidazole rings is 1. The number of carbonyl (C=O) groups excluding carboxylic acids is 1. The summed E-state index contributed by atoms with van der Waals surface area (Å²) in [6, 6.07) is 1.54. The number of amides is 1. The van der Waals surface area contributed by atoms with Gasteiger partial charge in [0.25, 0.3) is 11.6 Å². The van der Waals surface area contributed by atoms with Crippen molar-refractivity contribution in [3.63, 3.8) is 0 Å². The zero-order valence-corrected chi connectivity index (χ0v) is 16.8. The Kier molecular flexibility index (Phi) is 5.67. The summed E-state index contributed by atoms with van der Waals surface area (Å²) in [7, 11) is 0. The van der Waals surface area contributed by atoms with Gasteiger partial charge < -0.3 is 36.2 Å². The molecular weight excluding hydrogens is 442 g/mol. The first-order valence-corrected chi connectivity index (χ1v) is 9.62. The Morgan fingerprint density at radius 2 is 2.00 bits per heavy atom. The van der Waals surface area contributed by atoms with Crippen molar-refractivity contribution in [2.45, 2.75) is 31.0 Å². The summed E-state index contributed by atoms with van der Waals surface area (Å²) in [5.74, 6) is -2.36. The van der Waals surface area contributed by atoms with Crippen molar-refractivity contribution in [1.82, 2.24) is 24.8 Å². The number of nitro benzene ring substituents is 1. The van der Waals surface area contributed by atoms with E-state index in [9.17, 15) is 35.3 Å². The summed E-state index contributed by atoms with van der Waals surface area (Å²) < 4.78 is 7.16. The van der Waals surface area contributed by atoms with E-state index < -0.39 is 58.1 Å². The maximum atomic E-state index is 12.3. The van der Waals surface area contributed by atoms with E-state index in [0.29, 0.717) is 17.2 Å². The smallest absolute Gasteiger partial charge is 0.274 e. The zero-order valence-electron chi connectivity index (χ0n) is 16.8. The fraction of sp³-hybridized carbons (Fsp3) is 0.333. The molecule has 4 atom stereocenters. The number of hydrogen-bond donors (Lipinski definition) is 6. The number of aliphatic hydroxyl groups is 2. The summed E-state index contributed by atoms with van der Waals surface area (Å²) in [6.45, 7) is -0.0807. The van der Waals surface area contributed by atoms with Crippen molar-refractivity contribution in [2.24, 2.45) is 0 Å². The third-order valence-corrected chi connectivity index (χ3v) is 5.24. The number of non-ortho nitro benzene ring substituents is 1. The molecular formula is C18H19N7O8. The number of fused-ring (bicyclic) bond motifs is 1. The molecule has 15 heteroatoms. The highest BCUT2D eigenvalue weighted by Crippen LogP contribution is 2.34. The first-order chi connectivity index (χ1) is 15.7. The van der Waals surface area contributed by atoms with Gasteiger partial charge in [-0.3, -0.25) is 19.5 Å². The van der Waals surface area contributed by atoms with Crippen LogP contribution in [0.2, 0.25) is 0 Å². The fourth-order valence-corrected chi connectivity index (χ4v) is 3.56. The van der Waals surface area contributed by atoms with E-state index in [-0.39, 0.29) is 18.8 Å². The first kappa shape index (κ1) is 22.1. The average molecular weight is 461 g/mol. The Hall–Kier alpha value is -4.08. The van der Waals surface area contributed by atoms with Crippen LogP contribution in [-0.4, -0.2) is 75.6 Å². The number of phenolic OH excluding ortho intramolecular Hbond substituents is 2. The maximum absolute atomic E-state index is 12.3. The summed E-state index contributed by atoms with van der Waals surface area (Å²) in [5.41, 5.74) is 5.29. The van der Waals surface area contributed by atoms with Gasteiger partial charge in [-0.1, -0.05) is 0 Å². The van der Waals surface area contributed by atoms with Crippen LogP contribution >= 0.6 is 0 Å². The minimum absolute atomic E-state index is 0.0475. The van der Waals surface area contributed by atoms with Crippen molar-refractivity contribution in [3.05, 3.63) is 40.5 Å². The molecule has 1 saturated heterocycles. The molecule has 0 spiro atoms. The van der Waals surface area contributed by atoms with E-state index >= 15 is 0 Å². The molecule has 0 saturated carbocycles. The lowest BCUT2D eigenvalue weighted by molar-refractivity contribution is -0.385. The highest BCUT2D eigenvalue weighted by atomic mass is 16.6. The van der Waals surface area contributed by atoms with E-state index in [1.165, 1.54) is 17.2 Å². The minimum Gasteiger partial charge on any atom is -0.504 e. The lowest BCUT2D eigenvalue weighted by Crippen LogP contribution is -2.34. The molecule has 0 aliphatic carbocycles. The Morgan fingerprint density at radius 3 is 2.73 bits per heavy atom. The SMILES string of the molecule is Nc1ncnc2c1ncn2[C@@H]1O[C@H](CCNC(=O)c2cc([N+](=O)[O-])cc(O)c2O)[C@@H](O)[C@H]1O. The van der Waals surface area contributed by atoms with Crippen molar-refractivity contribution < 1.29 is 34.9 Å². The first-order valence-electron chi connectivity index (χ1n) is 9.62. The number of anilines is 1. The van der Waals surface area contributed by atoms with Crippen molar-refractivity contribution in [1.29, 1.82) is 0 Å². The van der Waals surface area contributed by atoms with Crippen molar-refractivity contribution in [2.75, 3.05) is 12.3 Å². The van der Waals surface area contributed by atoms with Gasteiger partial charge in [0.15, 0.2) is 29.2 Å². The van der Waals surface area contributed by atoms with Crippen LogP contribution in [0, 0.1) is 10.1 Å². The molecule has 15 nitrogen and oxygen atoms in total. The largest absolute Gasteiger partial charge is 0.504 e. The number of aliphatic hydroxyl groups excluding tert-OH is 2. The molecule has 33 heavy (non-hydrogen) atoms. The van der Waals surface area contributed by atoms with Crippen LogP contribution in [0.15, 0.2) is 24.8 Å². The van der Waals surface area contributed by atoms with E-state index in [1.807, 2.05) is 0 Å². The predicted octanol–water partition coefficient (Wildman–Crippen LogP) is -0.833. The Balaban J connectivity index is 1.43. The average Bonchev–Trinajstić information content (AvgIpc) is 3.32. The summed E-state index contributed by atoms with van der Waals surface area (Å²) in [4.78, 5) is 34.4. The van der Waals surface area contributed by atoms with Gasteiger partial charge in [-0.25, -0.2) is 15.0 Å². The second kappa shape index (κ2) is 8.45. The molecule has 0 radical (unpaired) electrons. The number of aromatic hydroxyl groups is 2. The van der Waals surface area contributed by atoms with E-state index in [1.54, 1.807) is 0 Å². The number of hydrogen-bond acceptors (Lipinski definition) is 12. The van der Waals surface area contributed by atoms with Crippen LogP contribution in [0.5, 0.6) is 11.5 Å². The Bertz CT molecular complexity index is 1230. The van der Waals surface area contributed by atoms with E-state index in [0.717, 1.165) is 6.07 Å². The molecule has 1 fully saturated rings. The van der Waals surface area contributed by atoms with Gasteiger partial charge in [-0.15, -0.1) is 0 Å². The Labute approximate surface area is 184 Å². The number of benzene rings is 1. The van der Waals surface area contributed by atoms with E-state index in [2.05, 4.69) is 20.3 Å². The molecule has 0 unspecified atom stereocenters. The number of ether oxygens (including phenoxy) is 1. The highest BCUT2D eigenvalue weighted by molar-refractivity contribution is 5.98. The van der Waals surface area contributed by atoms with Crippen LogP contribution in [0.3, 0.4) is 0 Å². The molecule has 3 heterocycles. The third-order valence-electron chi connectivity index (χ3n) is 5.24. The van der Waals surface area contributed by atoms with Gasteiger partial charge in [0.1, 0.15) is 24.1 Å². The molecule has 1 aliphatic heterocycles. The second-order valence-corrected chi connectivity index (χ2v) is 7.29. The van der Waals surface area contributed by atoms with Crippen LogP contribution in [0.4, 0.5) is 11.5 Å². The summed E-state index contributed by atoms with van der Waals surface area (Å²) >= 11 is 0. The summed E-state index contributed by atoms with van der Waals surface area (Å²) in [5, 5.41) is 53.6. The Morgan fingerprint density at radius 1 is 1.24 bits per heavy atom. The molecule has 4 rings (SSSR count). The quantitative estimate of drug-likeness (QED) is 0.150. The molecule has 1 aromatic carbocycles. The number of nitrogens with one attached hydrogen (secondary N) is 1. The number of nitro groups is 1. The van der Waals surface area contributed by atoms with Crippen molar-refractivity contribution >= 4 is 28.6 Å². The van der Waals surface area contributed by atoms with Crippen LogP contribution in [-0.2, 0) is 4.74 Å². The lowest BCUT2D eigenvalue weighted by Gasteiger charge is -2.16. The number of nitrogens with zero attached hydrogens (tertiary/aromatic N) is 5. The number of nitrogens with two attached hydrogens (primary N) is 1. The van der Waals surface area contributed by atoms with E-state index in [4.69, 9.17) is 10.5 Å². The lowest BCUT2D eigenvalue weighted by atomic mass is 10.1. The number of nitrogen functional groups attached to an aromatic ring is 1. The maximum Gasteiger partial charge on any atom is 0.274 e. The van der Waals surface area contributed by atoms with Gasteiger partial charge in [-0.05, 0) is 6.42 Å². The molecule has 2 aromatic heterocycles. The standard InChI is InChI=1S/C18H19N7O8/c19-15-11-16(22-5-21-15)24(6-23-11)18-14(29)13(28)10(33-18)1-2-20-17(30)8-3-7(25(31)32)4-9(26)12(8)27/h3-6,10,13-14,18,26-29H,1-2H2,(H,20,30)(H2,19,21,22)/t10-,13-,14-,18-/m1/s1. The van der Waals surface area contributed by atoms with Crippen LogP contribution in [0.25, 0.3) is 11.2 Å². The van der Waals surface area contributed by atoms with Crippen molar-refractivity contribution in [3.8, 4) is 11.5 Å².